The van der Waals surface area contributed by atoms with Gasteiger partial charge in [0.1, 0.15) is 6.29 Å². The quantitative estimate of drug-likeness (QED) is 0.447. The molecule has 0 aliphatic carbocycles. The first-order chi connectivity index (χ1) is 6.19. The van der Waals surface area contributed by atoms with Gasteiger partial charge in [-0.1, -0.05) is 6.92 Å². The van der Waals surface area contributed by atoms with Crippen molar-refractivity contribution in [2.75, 3.05) is 13.1 Å². The fraction of sp³-hybridized carbons (Fsp3) is 0.625. The number of imide groups is 1. The zero-order chi connectivity index (χ0) is 9.84. The molecule has 0 aromatic carbocycles. The second-order valence-corrected chi connectivity index (χ2v) is 2.93. The van der Waals surface area contributed by atoms with Crippen LogP contribution < -0.4 is 5.32 Å². The summed E-state index contributed by atoms with van der Waals surface area (Å²) >= 11 is 0. The van der Waals surface area contributed by atoms with Gasteiger partial charge in [-0.25, -0.2) is 0 Å². The molecule has 1 aliphatic rings. The van der Waals surface area contributed by atoms with E-state index in [4.69, 9.17) is 0 Å². The SMILES string of the molecule is CCC1C(=O)NC(=O)CN1CC=O. The Labute approximate surface area is 76.1 Å². The zero-order valence-corrected chi connectivity index (χ0v) is 7.45. The summed E-state index contributed by atoms with van der Waals surface area (Å²) in [7, 11) is 0. The molecule has 1 unspecified atom stereocenters. The molecule has 1 N–H and O–H groups in total. The third-order valence-electron chi connectivity index (χ3n) is 2.05. The van der Waals surface area contributed by atoms with E-state index in [0.717, 1.165) is 0 Å². The molecule has 0 aromatic heterocycles. The minimum atomic E-state index is -0.345. The third-order valence-corrected chi connectivity index (χ3v) is 2.05. The van der Waals surface area contributed by atoms with Crippen molar-refractivity contribution in [2.45, 2.75) is 19.4 Å². The summed E-state index contributed by atoms with van der Waals surface area (Å²) in [6.45, 7) is 2.11. The predicted octanol–water partition coefficient (Wildman–Crippen LogP) is -1.08. The Balaban J connectivity index is 2.70. The molecule has 0 radical (unpaired) electrons. The van der Waals surface area contributed by atoms with Crippen LogP contribution in [0, 0.1) is 0 Å². The molecule has 1 fully saturated rings. The van der Waals surface area contributed by atoms with Crippen molar-refractivity contribution in [1.82, 2.24) is 10.2 Å². The maximum absolute atomic E-state index is 11.2. The molecule has 1 heterocycles. The van der Waals surface area contributed by atoms with E-state index >= 15 is 0 Å². The summed E-state index contributed by atoms with van der Waals surface area (Å²) < 4.78 is 0. The van der Waals surface area contributed by atoms with E-state index in [1.54, 1.807) is 4.90 Å². The number of aldehydes is 1. The predicted molar refractivity (Wildman–Crippen MR) is 44.9 cm³/mol. The molecule has 72 valence electrons. The summed E-state index contributed by atoms with van der Waals surface area (Å²) in [5, 5.41) is 2.23. The van der Waals surface area contributed by atoms with Gasteiger partial charge in [-0.15, -0.1) is 0 Å². The highest BCUT2D eigenvalue weighted by molar-refractivity contribution is 6.01. The maximum Gasteiger partial charge on any atom is 0.243 e. The van der Waals surface area contributed by atoms with E-state index in [9.17, 15) is 14.4 Å². The second-order valence-electron chi connectivity index (χ2n) is 2.93. The fourth-order valence-electron chi connectivity index (χ4n) is 1.45. The largest absolute Gasteiger partial charge is 0.302 e. The summed E-state index contributed by atoms with van der Waals surface area (Å²) in [4.78, 5) is 34.0. The van der Waals surface area contributed by atoms with Crippen LogP contribution in [0.4, 0.5) is 0 Å². The lowest BCUT2D eigenvalue weighted by Gasteiger charge is -2.31. The Morgan fingerprint density at radius 3 is 2.85 bits per heavy atom. The van der Waals surface area contributed by atoms with Crippen LogP contribution in [0.25, 0.3) is 0 Å². The first-order valence-electron chi connectivity index (χ1n) is 4.20. The van der Waals surface area contributed by atoms with E-state index < -0.39 is 0 Å². The number of amides is 2. The average Bonchev–Trinajstić information content (AvgIpc) is 2.04. The minimum absolute atomic E-state index is 0.128. The standard InChI is InChI=1S/C8H12N2O3/c1-2-6-8(13)9-7(12)5-10(6)3-4-11/h4,6H,2-3,5H2,1H3,(H,9,12,13). The molecule has 5 heteroatoms. The van der Waals surface area contributed by atoms with Crippen molar-refractivity contribution < 1.29 is 14.4 Å². The van der Waals surface area contributed by atoms with Crippen LogP contribution in [-0.4, -0.2) is 42.1 Å². The van der Waals surface area contributed by atoms with Crippen LogP contribution in [0.2, 0.25) is 0 Å². The van der Waals surface area contributed by atoms with Gasteiger partial charge in [0.15, 0.2) is 0 Å². The van der Waals surface area contributed by atoms with Gasteiger partial charge in [0.05, 0.1) is 19.1 Å². The van der Waals surface area contributed by atoms with Crippen molar-refractivity contribution in [2.24, 2.45) is 0 Å². The van der Waals surface area contributed by atoms with Crippen LogP contribution >= 0.6 is 0 Å². The number of nitrogens with one attached hydrogen (secondary N) is 1. The first kappa shape index (κ1) is 9.85. The molecule has 0 spiro atoms. The third kappa shape index (κ3) is 2.12. The van der Waals surface area contributed by atoms with Gasteiger partial charge in [0.25, 0.3) is 0 Å². The Morgan fingerprint density at radius 1 is 1.62 bits per heavy atom. The molecule has 1 atom stereocenters. The summed E-state index contributed by atoms with van der Waals surface area (Å²) in [5.74, 6) is -0.642. The van der Waals surface area contributed by atoms with E-state index in [0.29, 0.717) is 12.7 Å². The monoisotopic (exact) mass is 184 g/mol. The van der Waals surface area contributed by atoms with Crippen LogP contribution in [0.5, 0.6) is 0 Å². The highest BCUT2D eigenvalue weighted by Crippen LogP contribution is 2.07. The van der Waals surface area contributed by atoms with Crippen molar-refractivity contribution in [3.8, 4) is 0 Å². The zero-order valence-electron chi connectivity index (χ0n) is 7.45. The van der Waals surface area contributed by atoms with Crippen molar-refractivity contribution in [3.05, 3.63) is 0 Å². The van der Waals surface area contributed by atoms with Crippen molar-refractivity contribution >= 4 is 18.1 Å². The van der Waals surface area contributed by atoms with Crippen LogP contribution in [0.3, 0.4) is 0 Å². The summed E-state index contributed by atoms with van der Waals surface area (Å²) in [5.41, 5.74) is 0. The van der Waals surface area contributed by atoms with Gasteiger partial charge in [-0.05, 0) is 6.42 Å². The number of rotatable bonds is 3. The van der Waals surface area contributed by atoms with Gasteiger partial charge in [0.2, 0.25) is 11.8 Å². The lowest BCUT2D eigenvalue weighted by molar-refractivity contribution is -0.140. The number of hydrogen-bond acceptors (Lipinski definition) is 4. The summed E-state index contributed by atoms with van der Waals surface area (Å²) in [6.07, 6.45) is 1.31. The molecule has 1 saturated heterocycles. The number of hydrogen-bond donors (Lipinski definition) is 1. The lowest BCUT2D eigenvalue weighted by Crippen LogP contribution is -2.58. The molecule has 1 aliphatic heterocycles. The first-order valence-corrected chi connectivity index (χ1v) is 4.20. The van der Waals surface area contributed by atoms with E-state index in [1.165, 1.54) is 0 Å². The van der Waals surface area contributed by atoms with Gasteiger partial charge in [-0.2, -0.15) is 0 Å². The molecule has 0 bridgehead atoms. The fourth-order valence-corrected chi connectivity index (χ4v) is 1.45. The summed E-state index contributed by atoms with van der Waals surface area (Å²) in [6, 6.07) is -0.345. The molecular formula is C8H12N2O3. The van der Waals surface area contributed by atoms with Gasteiger partial charge >= 0.3 is 0 Å². The number of piperazine rings is 1. The number of nitrogens with zero attached hydrogens (tertiary/aromatic N) is 1. The van der Waals surface area contributed by atoms with E-state index in [-0.39, 0.29) is 30.9 Å². The topological polar surface area (TPSA) is 66.5 Å². The average molecular weight is 184 g/mol. The highest BCUT2D eigenvalue weighted by atomic mass is 16.2. The minimum Gasteiger partial charge on any atom is -0.302 e. The molecule has 0 aromatic rings. The van der Waals surface area contributed by atoms with Gasteiger partial charge in [0, 0.05) is 0 Å². The molecular weight excluding hydrogens is 172 g/mol. The van der Waals surface area contributed by atoms with Crippen molar-refractivity contribution in [1.29, 1.82) is 0 Å². The Hall–Kier alpha value is -1.23. The second kappa shape index (κ2) is 4.13. The highest BCUT2D eigenvalue weighted by Gasteiger charge is 2.31. The molecule has 1 rings (SSSR count). The molecule has 2 amide bonds. The Bertz CT molecular complexity index is 240. The van der Waals surface area contributed by atoms with Gasteiger partial charge in [-0.3, -0.25) is 19.8 Å². The van der Waals surface area contributed by atoms with E-state index in [2.05, 4.69) is 5.32 Å². The molecule has 5 nitrogen and oxygen atoms in total. The van der Waals surface area contributed by atoms with Crippen molar-refractivity contribution in [3.63, 3.8) is 0 Å². The van der Waals surface area contributed by atoms with Crippen LogP contribution in [-0.2, 0) is 14.4 Å². The number of carbonyl (C=O) groups excluding carboxylic acids is 3. The number of carbonyl (C=O) groups is 3. The molecule has 0 saturated carbocycles. The smallest absolute Gasteiger partial charge is 0.243 e. The Kier molecular flexibility index (Phi) is 3.13. The normalized spacial score (nSPS) is 24.2. The maximum atomic E-state index is 11.2. The van der Waals surface area contributed by atoms with Gasteiger partial charge < -0.3 is 4.79 Å². The van der Waals surface area contributed by atoms with E-state index in [1.807, 2.05) is 6.92 Å². The van der Waals surface area contributed by atoms with Crippen LogP contribution in [0.15, 0.2) is 0 Å². The Morgan fingerprint density at radius 2 is 2.31 bits per heavy atom. The molecule has 13 heavy (non-hydrogen) atoms. The lowest BCUT2D eigenvalue weighted by atomic mass is 10.1. The van der Waals surface area contributed by atoms with Crippen LogP contribution in [0.1, 0.15) is 13.3 Å².